The Labute approximate surface area is 145 Å². The Hall–Kier alpha value is -1.57. The predicted octanol–water partition coefficient (Wildman–Crippen LogP) is 3.90. The van der Waals surface area contributed by atoms with Gasteiger partial charge in [-0.05, 0) is 12.1 Å². The second kappa shape index (κ2) is 7.33. The summed E-state index contributed by atoms with van der Waals surface area (Å²) in [5.41, 5.74) is 4.32. The molecule has 0 spiro atoms. The number of thioether (sulfide) groups is 1. The van der Waals surface area contributed by atoms with Crippen LogP contribution >= 0.6 is 23.4 Å². The highest BCUT2D eigenvalue weighted by atomic mass is 35.5. The molecule has 2 heterocycles. The van der Waals surface area contributed by atoms with Crippen molar-refractivity contribution in [3.63, 3.8) is 0 Å². The van der Waals surface area contributed by atoms with Crippen molar-refractivity contribution in [2.75, 3.05) is 11.6 Å². The van der Waals surface area contributed by atoms with Crippen molar-refractivity contribution in [3.05, 3.63) is 35.9 Å². The summed E-state index contributed by atoms with van der Waals surface area (Å²) in [7, 11) is 0. The molecule has 23 heavy (non-hydrogen) atoms. The number of aromatic nitrogens is 3. The lowest BCUT2D eigenvalue weighted by atomic mass is 10.3. The van der Waals surface area contributed by atoms with Crippen LogP contribution in [0, 0.1) is 0 Å². The topological polar surface area (TPSA) is 63.1 Å². The first-order chi connectivity index (χ1) is 10.8. The van der Waals surface area contributed by atoms with E-state index >= 15 is 0 Å². The molecule has 6 nitrogen and oxygen atoms in total. The van der Waals surface area contributed by atoms with Gasteiger partial charge in [0, 0.05) is 17.5 Å². The summed E-state index contributed by atoms with van der Waals surface area (Å²) in [4.78, 5) is 16.6. The third-order valence-corrected chi connectivity index (χ3v) is 3.93. The molecule has 8 heteroatoms. The molecule has 2 aromatic heterocycles. The van der Waals surface area contributed by atoms with Crippen molar-refractivity contribution in [2.45, 2.75) is 32.4 Å². The Balaban J connectivity index is 2.33. The van der Waals surface area contributed by atoms with Crippen molar-refractivity contribution >= 4 is 34.3 Å². The smallest absolute Gasteiger partial charge is 0.262 e. The molecule has 0 aliphatic carbocycles. The van der Waals surface area contributed by atoms with Crippen LogP contribution in [0.25, 0.3) is 5.69 Å². The minimum absolute atomic E-state index is 0.132. The number of hydrogen-bond acceptors (Lipinski definition) is 5. The van der Waals surface area contributed by atoms with Gasteiger partial charge in [-0.1, -0.05) is 51.1 Å². The van der Waals surface area contributed by atoms with Crippen LogP contribution in [0.5, 0.6) is 0 Å². The number of amides is 1. The molecular weight excluding hydrogens is 334 g/mol. The maximum absolute atomic E-state index is 12.6. The summed E-state index contributed by atoms with van der Waals surface area (Å²) >= 11 is 7.48. The van der Waals surface area contributed by atoms with Crippen LogP contribution in [0.15, 0.2) is 30.7 Å². The van der Waals surface area contributed by atoms with Gasteiger partial charge in [-0.2, -0.15) is 5.10 Å². The van der Waals surface area contributed by atoms with E-state index in [0.29, 0.717) is 12.2 Å². The summed E-state index contributed by atoms with van der Waals surface area (Å²) in [6.07, 6.45) is 5.07. The van der Waals surface area contributed by atoms with Gasteiger partial charge in [0.15, 0.2) is 5.15 Å². The van der Waals surface area contributed by atoms with Gasteiger partial charge in [-0.25, -0.2) is 15.1 Å². The van der Waals surface area contributed by atoms with Crippen LogP contribution in [0.4, 0.5) is 10.5 Å². The number of nitrogens with one attached hydrogen (secondary N) is 1. The number of carbonyl (C=O) groups is 1. The average molecular weight is 354 g/mol. The van der Waals surface area contributed by atoms with Crippen LogP contribution < -0.4 is 10.4 Å². The predicted molar refractivity (Wildman–Crippen MR) is 95.3 cm³/mol. The van der Waals surface area contributed by atoms with E-state index in [-0.39, 0.29) is 15.1 Å². The summed E-state index contributed by atoms with van der Waals surface area (Å²) < 4.78 is 1.40. The zero-order valence-corrected chi connectivity index (χ0v) is 15.1. The van der Waals surface area contributed by atoms with E-state index in [9.17, 15) is 4.79 Å². The molecule has 1 amide bonds. The largest absolute Gasteiger partial charge is 0.301 e. The average Bonchev–Trinajstić information content (AvgIpc) is 2.85. The van der Waals surface area contributed by atoms with Gasteiger partial charge in [0.2, 0.25) is 0 Å². The Morgan fingerprint density at radius 2 is 2.22 bits per heavy atom. The molecule has 0 bridgehead atoms. The first-order valence-electron chi connectivity index (χ1n) is 7.24. The lowest BCUT2D eigenvalue weighted by Gasteiger charge is -2.25. The third-order valence-electron chi connectivity index (χ3n) is 2.70. The van der Waals surface area contributed by atoms with E-state index in [1.165, 1.54) is 16.8 Å². The Morgan fingerprint density at radius 1 is 1.48 bits per heavy atom. The fourth-order valence-corrected chi connectivity index (χ4v) is 2.82. The number of hydrogen-bond donors (Lipinski definition) is 1. The highest BCUT2D eigenvalue weighted by molar-refractivity contribution is 8.15. The molecule has 0 saturated carbocycles. The van der Waals surface area contributed by atoms with Gasteiger partial charge in [0.05, 0.1) is 18.1 Å². The number of pyridine rings is 1. The van der Waals surface area contributed by atoms with Crippen molar-refractivity contribution in [1.82, 2.24) is 20.2 Å². The van der Waals surface area contributed by atoms with Crippen LogP contribution in [-0.2, 0) is 0 Å². The SMILES string of the molecule is CCNN(C(=O)SC(C)(C)C)c1cn(-c2cccnc2)nc1Cl. The summed E-state index contributed by atoms with van der Waals surface area (Å²) in [6.45, 7) is 8.47. The Bertz CT molecular complexity index is 668. The van der Waals surface area contributed by atoms with Gasteiger partial charge in [-0.15, -0.1) is 0 Å². The molecule has 124 valence electrons. The number of anilines is 1. The number of rotatable bonds is 4. The van der Waals surface area contributed by atoms with E-state index in [0.717, 1.165) is 5.69 Å². The van der Waals surface area contributed by atoms with Gasteiger partial charge in [-0.3, -0.25) is 9.78 Å². The Morgan fingerprint density at radius 3 is 2.78 bits per heavy atom. The second-order valence-corrected chi connectivity index (χ2v) is 7.92. The second-order valence-electron chi connectivity index (χ2n) is 5.79. The molecule has 0 unspecified atom stereocenters. The number of halogens is 1. The maximum Gasteiger partial charge on any atom is 0.301 e. The van der Waals surface area contributed by atoms with Crippen LogP contribution in [-0.4, -0.2) is 31.3 Å². The third kappa shape index (κ3) is 4.70. The van der Waals surface area contributed by atoms with Gasteiger partial charge in [0.1, 0.15) is 5.69 Å². The minimum Gasteiger partial charge on any atom is -0.262 e. The van der Waals surface area contributed by atoms with Crippen LogP contribution in [0.3, 0.4) is 0 Å². The van der Waals surface area contributed by atoms with Crippen molar-refractivity contribution in [3.8, 4) is 5.69 Å². The summed E-state index contributed by atoms with van der Waals surface area (Å²) in [5.74, 6) is 0. The number of nitrogens with zero attached hydrogens (tertiary/aromatic N) is 4. The molecule has 0 aliphatic rings. The molecule has 2 aromatic rings. The zero-order valence-electron chi connectivity index (χ0n) is 13.6. The standard InChI is InChI=1S/C15H20ClN5OS/c1-5-18-21(14(22)23-15(2,3)4)12-10-20(19-13(12)16)11-7-6-8-17-9-11/h6-10,18H,5H2,1-4H3. The molecule has 0 aliphatic heterocycles. The minimum atomic E-state index is -0.198. The first-order valence-corrected chi connectivity index (χ1v) is 8.43. The fourth-order valence-electron chi connectivity index (χ4n) is 1.83. The monoisotopic (exact) mass is 353 g/mol. The molecule has 0 radical (unpaired) electrons. The van der Waals surface area contributed by atoms with Gasteiger partial charge >= 0.3 is 5.24 Å². The number of hydrazine groups is 1. The molecule has 0 atom stereocenters. The molecule has 2 rings (SSSR count). The van der Waals surface area contributed by atoms with Crippen molar-refractivity contribution in [2.24, 2.45) is 0 Å². The van der Waals surface area contributed by atoms with Crippen LogP contribution in [0.2, 0.25) is 5.15 Å². The van der Waals surface area contributed by atoms with E-state index in [2.05, 4.69) is 15.5 Å². The maximum atomic E-state index is 12.6. The zero-order chi connectivity index (χ0) is 17.0. The summed E-state index contributed by atoms with van der Waals surface area (Å²) in [5, 5.41) is 5.82. The molecule has 1 N–H and O–H groups in total. The van der Waals surface area contributed by atoms with Crippen molar-refractivity contribution in [1.29, 1.82) is 0 Å². The van der Waals surface area contributed by atoms with Crippen molar-refractivity contribution < 1.29 is 4.79 Å². The number of carbonyl (C=O) groups excluding carboxylic acids is 1. The quantitative estimate of drug-likeness (QED) is 0.844. The molecule has 0 fully saturated rings. The summed E-state index contributed by atoms with van der Waals surface area (Å²) in [6, 6.07) is 3.68. The van der Waals surface area contributed by atoms with Gasteiger partial charge < -0.3 is 0 Å². The molecule has 0 aromatic carbocycles. The first kappa shape index (κ1) is 17.8. The Kier molecular flexibility index (Phi) is 5.67. The molecular formula is C15H20ClN5OS. The van der Waals surface area contributed by atoms with Crippen LogP contribution in [0.1, 0.15) is 27.7 Å². The molecule has 0 saturated heterocycles. The highest BCUT2D eigenvalue weighted by Gasteiger charge is 2.26. The van der Waals surface area contributed by atoms with Gasteiger partial charge in [0.25, 0.3) is 0 Å². The van der Waals surface area contributed by atoms with E-state index < -0.39 is 0 Å². The fraction of sp³-hybridized carbons (Fsp3) is 0.400. The lowest BCUT2D eigenvalue weighted by molar-refractivity contribution is 0.262. The normalized spacial score (nSPS) is 11.5. The lowest BCUT2D eigenvalue weighted by Crippen LogP contribution is -2.42. The highest BCUT2D eigenvalue weighted by Crippen LogP contribution is 2.31. The van der Waals surface area contributed by atoms with E-state index in [1.807, 2.05) is 39.8 Å². The van der Waals surface area contributed by atoms with E-state index in [1.54, 1.807) is 23.3 Å². The van der Waals surface area contributed by atoms with E-state index in [4.69, 9.17) is 11.6 Å².